The first-order chi connectivity index (χ1) is 13.6. The van der Waals surface area contributed by atoms with E-state index in [4.69, 9.17) is 15.6 Å². The molecule has 2 aromatic rings. The van der Waals surface area contributed by atoms with Gasteiger partial charge in [-0.2, -0.15) is 0 Å². The highest BCUT2D eigenvalue weighted by atomic mass is 16.5. The van der Waals surface area contributed by atoms with Gasteiger partial charge in [-0.3, -0.25) is 4.90 Å². The normalized spacial score (nSPS) is 16.0. The lowest BCUT2D eigenvalue weighted by Crippen LogP contribution is -2.34. The highest BCUT2D eigenvalue weighted by Gasteiger charge is 2.31. The lowest BCUT2D eigenvalue weighted by molar-refractivity contribution is 0.218. The summed E-state index contributed by atoms with van der Waals surface area (Å²) in [6.45, 7) is 4.13. The van der Waals surface area contributed by atoms with Crippen LogP contribution in [0.5, 0.6) is 5.75 Å². The molecule has 1 aliphatic heterocycles. The van der Waals surface area contributed by atoms with Crippen molar-refractivity contribution in [3.05, 3.63) is 59.7 Å². The highest BCUT2D eigenvalue weighted by Crippen LogP contribution is 2.32. The molecule has 0 bridgehead atoms. The Bertz CT molecular complexity index is 845. The molecule has 2 amide bonds. The minimum atomic E-state index is -0.429. The van der Waals surface area contributed by atoms with Crippen LogP contribution in [0.4, 0.5) is 10.5 Å². The zero-order valence-electron chi connectivity index (χ0n) is 16.3. The Morgan fingerprint density at radius 1 is 1.11 bits per heavy atom. The molecule has 1 saturated heterocycles. The van der Waals surface area contributed by atoms with Crippen LogP contribution in [0.1, 0.15) is 29.9 Å². The second-order valence-corrected chi connectivity index (χ2v) is 6.98. The highest BCUT2D eigenvalue weighted by molar-refractivity contribution is 5.95. The van der Waals surface area contributed by atoms with E-state index in [2.05, 4.69) is 19.1 Å². The number of nitrogens with one attached hydrogen (secondary N) is 2. The van der Waals surface area contributed by atoms with E-state index in [0.29, 0.717) is 25.4 Å². The number of urea groups is 1. The maximum absolute atomic E-state index is 12.9. The number of amides is 2. The Kier molecular flexibility index (Phi) is 6.09. The van der Waals surface area contributed by atoms with Crippen molar-refractivity contribution in [2.75, 3.05) is 31.6 Å². The van der Waals surface area contributed by atoms with E-state index in [9.17, 15) is 4.79 Å². The summed E-state index contributed by atoms with van der Waals surface area (Å²) in [5.41, 5.74) is 2.75. The Balaban J connectivity index is 1.75. The molecule has 1 atom stereocenters. The van der Waals surface area contributed by atoms with E-state index in [1.165, 1.54) is 18.0 Å². The molecule has 0 radical (unpaired) electrons. The van der Waals surface area contributed by atoms with Crippen molar-refractivity contribution in [1.82, 2.24) is 4.90 Å². The second-order valence-electron chi connectivity index (χ2n) is 6.98. The van der Waals surface area contributed by atoms with Crippen molar-refractivity contribution in [2.45, 2.75) is 18.8 Å². The summed E-state index contributed by atoms with van der Waals surface area (Å²) in [6, 6.07) is 15.7. The molecule has 28 heavy (non-hydrogen) atoms. The van der Waals surface area contributed by atoms with Crippen LogP contribution in [0.15, 0.2) is 48.5 Å². The molecule has 2 aromatic carbocycles. The third-order valence-corrected chi connectivity index (χ3v) is 5.20. The van der Waals surface area contributed by atoms with Gasteiger partial charge in [0.15, 0.2) is 0 Å². The standard InChI is InChI=1S/C22H26N4O2/c1-16(17-6-4-3-5-7-17)15-25-10-11-26(22(25)27)19-8-9-20(18(13-23)14-24)21(12-19)28-2/h3-9,12-14,16,18,23-24H,10-11,15H2,1-2H3. The van der Waals surface area contributed by atoms with Crippen molar-refractivity contribution in [2.24, 2.45) is 0 Å². The smallest absolute Gasteiger partial charge is 0.324 e. The molecule has 3 rings (SSSR count). The van der Waals surface area contributed by atoms with E-state index in [-0.39, 0.29) is 11.9 Å². The van der Waals surface area contributed by atoms with E-state index in [1.54, 1.807) is 12.0 Å². The number of nitrogens with zero attached hydrogens (tertiary/aromatic N) is 2. The topological polar surface area (TPSA) is 80.5 Å². The number of methoxy groups -OCH3 is 1. The average molecular weight is 378 g/mol. The molecule has 0 aliphatic carbocycles. The van der Waals surface area contributed by atoms with Crippen LogP contribution in [-0.2, 0) is 0 Å². The Morgan fingerprint density at radius 2 is 1.82 bits per heavy atom. The maximum Gasteiger partial charge on any atom is 0.324 e. The van der Waals surface area contributed by atoms with Gasteiger partial charge in [0.25, 0.3) is 0 Å². The Morgan fingerprint density at radius 3 is 2.46 bits per heavy atom. The number of carbonyl (C=O) groups is 1. The number of anilines is 1. The number of hydrogen-bond acceptors (Lipinski definition) is 4. The van der Waals surface area contributed by atoms with Gasteiger partial charge in [-0.15, -0.1) is 0 Å². The number of hydrogen-bond donors (Lipinski definition) is 2. The minimum absolute atomic E-state index is 0.00626. The predicted molar refractivity (Wildman–Crippen MR) is 112 cm³/mol. The average Bonchev–Trinajstić information content (AvgIpc) is 3.10. The van der Waals surface area contributed by atoms with Crippen molar-refractivity contribution >= 4 is 24.1 Å². The van der Waals surface area contributed by atoms with Gasteiger partial charge in [0.05, 0.1) is 13.0 Å². The fourth-order valence-corrected chi connectivity index (χ4v) is 3.58. The molecule has 6 heteroatoms. The van der Waals surface area contributed by atoms with E-state index in [0.717, 1.165) is 11.3 Å². The number of benzene rings is 2. The Hall–Kier alpha value is -3.15. The summed E-state index contributed by atoms with van der Waals surface area (Å²) in [7, 11) is 1.56. The van der Waals surface area contributed by atoms with Crippen molar-refractivity contribution in [3.8, 4) is 5.75 Å². The molecule has 1 heterocycles. The molecule has 146 valence electrons. The second kappa shape index (κ2) is 8.69. The van der Waals surface area contributed by atoms with Crippen LogP contribution in [0.25, 0.3) is 0 Å². The summed E-state index contributed by atoms with van der Waals surface area (Å²) in [5.74, 6) is 0.419. The monoisotopic (exact) mass is 378 g/mol. The van der Waals surface area contributed by atoms with Crippen molar-refractivity contribution < 1.29 is 9.53 Å². The van der Waals surface area contributed by atoms with Crippen LogP contribution in [-0.4, -0.2) is 50.1 Å². The summed E-state index contributed by atoms with van der Waals surface area (Å²) in [4.78, 5) is 16.6. The summed E-state index contributed by atoms with van der Waals surface area (Å²) >= 11 is 0. The molecule has 1 aliphatic rings. The maximum atomic E-state index is 12.9. The number of rotatable bonds is 8. The third kappa shape index (κ3) is 3.91. The van der Waals surface area contributed by atoms with Crippen LogP contribution in [0.3, 0.4) is 0 Å². The van der Waals surface area contributed by atoms with Gasteiger partial charge < -0.3 is 20.5 Å². The molecule has 2 N–H and O–H groups in total. The Labute approximate surface area is 165 Å². The lowest BCUT2D eigenvalue weighted by Gasteiger charge is -2.23. The van der Waals surface area contributed by atoms with Gasteiger partial charge in [-0.25, -0.2) is 4.79 Å². The first-order valence-electron chi connectivity index (χ1n) is 9.39. The lowest BCUT2D eigenvalue weighted by atomic mass is 10.00. The summed E-state index contributed by atoms with van der Waals surface area (Å²) in [6.07, 6.45) is 2.41. The van der Waals surface area contributed by atoms with Gasteiger partial charge in [0.1, 0.15) is 5.75 Å². The van der Waals surface area contributed by atoms with Crippen LogP contribution >= 0.6 is 0 Å². The summed E-state index contributed by atoms with van der Waals surface area (Å²) < 4.78 is 5.46. The van der Waals surface area contributed by atoms with Gasteiger partial charge in [-0.1, -0.05) is 43.3 Å². The van der Waals surface area contributed by atoms with Gasteiger partial charge in [0, 0.05) is 49.4 Å². The molecule has 0 spiro atoms. The molecule has 1 unspecified atom stereocenters. The fraction of sp³-hybridized carbons (Fsp3) is 0.318. The van der Waals surface area contributed by atoms with Crippen LogP contribution < -0.4 is 9.64 Å². The zero-order chi connectivity index (χ0) is 20.1. The minimum Gasteiger partial charge on any atom is -0.496 e. The fourth-order valence-electron chi connectivity index (χ4n) is 3.58. The molecule has 1 fully saturated rings. The van der Waals surface area contributed by atoms with E-state index < -0.39 is 5.92 Å². The predicted octanol–water partition coefficient (Wildman–Crippen LogP) is 4.12. The molecule has 0 saturated carbocycles. The van der Waals surface area contributed by atoms with Gasteiger partial charge in [-0.05, 0) is 17.5 Å². The van der Waals surface area contributed by atoms with E-state index >= 15 is 0 Å². The number of ether oxygens (including phenoxy) is 1. The molecule has 6 nitrogen and oxygen atoms in total. The van der Waals surface area contributed by atoms with Gasteiger partial charge in [0.2, 0.25) is 0 Å². The molecule has 0 aromatic heterocycles. The van der Waals surface area contributed by atoms with Crippen LogP contribution in [0, 0.1) is 10.8 Å². The van der Waals surface area contributed by atoms with Crippen molar-refractivity contribution in [3.63, 3.8) is 0 Å². The quantitative estimate of drug-likeness (QED) is 0.678. The number of carbonyl (C=O) groups excluding carboxylic acids is 1. The van der Waals surface area contributed by atoms with E-state index in [1.807, 2.05) is 41.3 Å². The summed E-state index contributed by atoms with van der Waals surface area (Å²) in [5, 5.41) is 15.0. The first kappa shape index (κ1) is 19.6. The SMILES string of the molecule is COc1cc(N2CCN(CC(C)c3ccccc3)C2=O)ccc1C(C=N)C=N. The van der Waals surface area contributed by atoms with Gasteiger partial charge >= 0.3 is 6.03 Å². The third-order valence-electron chi connectivity index (χ3n) is 5.20. The first-order valence-corrected chi connectivity index (χ1v) is 9.39. The molecular formula is C22H26N4O2. The zero-order valence-corrected chi connectivity index (χ0v) is 16.3. The van der Waals surface area contributed by atoms with Crippen LogP contribution in [0.2, 0.25) is 0 Å². The molecular weight excluding hydrogens is 352 g/mol. The largest absolute Gasteiger partial charge is 0.496 e. The van der Waals surface area contributed by atoms with Crippen molar-refractivity contribution in [1.29, 1.82) is 10.8 Å².